The van der Waals surface area contributed by atoms with Gasteiger partial charge >= 0.3 is 0 Å². The molecule has 0 N–H and O–H groups in total. The number of carbonyl (C=O) groups excluding carboxylic acids is 1. The molecule has 1 aromatic rings. The van der Waals surface area contributed by atoms with Crippen LogP contribution in [0.25, 0.3) is 0 Å². The Kier molecular flexibility index (Phi) is 4.50. The van der Waals surface area contributed by atoms with Crippen molar-refractivity contribution in [3.8, 4) is 0 Å². The molecule has 1 aliphatic heterocycles. The molecule has 1 amide bonds. The molecule has 0 spiro atoms. The summed E-state index contributed by atoms with van der Waals surface area (Å²) in [6.07, 6.45) is 1.52. The van der Waals surface area contributed by atoms with Crippen LogP contribution in [-0.4, -0.2) is 45.1 Å². The Labute approximate surface area is 118 Å². The van der Waals surface area contributed by atoms with E-state index in [0.717, 1.165) is 17.1 Å². The van der Waals surface area contributed by atoms with E-state index in [2.05, 4.69) is 4.90 Å². The second-order valence-corrected chi connectivity index (χ2v) is 5.63. The number of nitrogens with zero attached hydrogens (tertiary/aromatic N) is 2. The van der Waals surface area contributed by atoms with E-state index in [1.165, 1.54) is 18.0 Å². The molecule has 0 saturated heterocycles. The number of hydrogen-bond acceptors (Lipinski definition) is 4. The first-order valence-corrected chi connectivity index (χ1v) is 6.91. The zero-order chi connectivity index (χ0) is 13.8. The second-order valence-electron chi connectivity index (χ2n) is 4.55. The zero-order valence-electron chi connectivity index (χ0n) is 11.4. The fourth-order valence-corrected chi connectivity index (χ4v) is 2.88. The van der Waals surface area contributed by atoms with Gasteiger partial charge in [-0.15, -0.1) is 0 Å². The van der Waals surface area contributed by atoms with E-state index in [0.29, 0.717) is 11.4 Å². The van der Waals surface area contributed by atoms with E-state index in [1.54, 1.807) is 7.11 Å². The average molecular weight is 278 g/mol. The fraction of sp³-hybridized carbons (Fsp3) is 0.357. The van der Waals surface area contributed by atoms with E-state index >= 15 is 0 Å². The van der Waals surface area contributed by atoms with Gasteiger partial charge in [0.25, 0.3) is 5.91 Å². The van der Waals surface area contributed by atoms with Crippen LogP contribution in [0.4, 0.5) is 5.69 Å². The third-order valence-electron chi connectivity index (χ3n) is 2.83. The lowest BCUT2D eigenvalue weighted by Crippen LogP contribution is -2.39. The highest BCUT2D eigenvalue weighted by atomic mass is 32.2. The first-order chi connectivity index (χ1) is 9.13. The summed E-state index contributed by atoms with van der Waals surface area (Å²) in [6, 6.07) is 7.95. The van der Waals surface area contributed by atoms with Crippen LogP contribution in [-0.2, 0) is 9.53 Å². The number of rotatable bonds is 4. The van der Waals surface area contributed by atoms with Crippen LogP contribution in [0.5, 0.6) is 0 Å². The van der Waals surface area contributed by atoms with Gasteiger partial charge < -0.3 is 14.5 Å². The minimum absolute atomic E-state index is 0.00685. The van der Waals surface area contributed by atoms with E-state index in [-0.39, 0.29) is 5.91 Å². The molecule has 1 aliphatic rings. The van der Waals surface area contributed by atoms with Crippen molar-refractivity contribution < 1.29 is 9.53 Å². The van der Waals surface area contributed by atoms with E-state index in [1.807, 2.05) is 43.3 Å². The number of likely N-dealkylation sites (N-methyl/N-ethyl adjacent to an activating group) is 1. The highest BCUT2D eigenvalue weighted by Crippen LogP contribution is 2.40. The molecule has 0 unspecified atom stereocenters. The van der Waals surface area contributed by atoms with Gasteiger partial charge in [0.05, 0.1) is 12.8 Å². The maximum Gasteiger partial charge on any atom is 0.268 e. The minimum atomic E-state index is 0.00685. The summed E-state index contributed by atoms with van der Waals surface area (Å²) >= 11 is 1.46. The Morgan fingerprint density at radius 3 is 2.79 bits per heavy atom. The highest BCUT2D eigenvalue weighted by molar-refractivity contribution is 8.04. The lowest BCUT2D eigenvalue weighted by molar-refractivity contribution is -0.114. The van der Waals surface area contributed by atoms with Crippen molar-refractivity contribution in [2.24, 2.45) is 0 Å². The van der Waals surface area contributed by atoms with Gasteiger partial charge in [-0.3, -0.25) is 4.79 Å². The van der Waals surface area contributed by atoms with Gasteiger partial charge in [-0.2, -0.15) is 0 Å². The smallest absolute Gasteiger partial charge is 0.268 e. The third-order valence-corrected chi connectivity index (χ3v) is 3.88. The quantitative estimate of drug-likeness (QED) is 0.624. The summed E-state index contributed by atoms with van der Waals surface area (Å²) < 4.78 is 5.00. The molecule has 2 rings (SSSR count). The van der Waals surface area contributed by atoms with Crippen molar-refractivity contribution in [1.29, 1.82) is 0 Å². The molecule has 19 heavy (non-hydrogen) atoms. The molecule has 0 bridgehead atoms. The third kappa shape index (κ3) is 3.11. The molecule has 102 valence electrons. The summed E-state index contributed by atoms with van der Waals surface area (Å²) in [6.45, 7) is 1.50. The van der Waals surface area contributed by atoms with Crippen LogP contribution < -0.4 is 4.90 Å². The minimum Gasteiger partial charge on any atom is -0.503 e. The summed E-state index contributed by atoms with van der Waals surface area (Å²) in [5.41, 5.74) is 0.979. The van der Waals surface area contributed by atoms with Crippen LogP contribution >= 0.6 is 11.8 Å². The largest absolute Gasteiger partial charge is 0.503 e. The molecular formula is C14H18N2O2S. The molecule has 0 fully saturated rings. The van der Waals surface area contributed by atoms with Gasteiger partial charge in [0.2, 0.25) is 0 Å². The fourth-order valence-electron chi connectivity index (χ4n) is 1.87. The molecule has 1 heterocycles. The number of thioether (sulfide) groups is 1. The Hall–Kier alpha value is -1.46. The van der Waals surface area contributed by atoms with Gasteiger partial charge in [0.1, 0.15) is 11.2 Å². The maximum atomic E-state index is 12.4. The molecule has 4 nitrogen and oxygen atoms in total. The standard InChI is InChI=1S/C14H18N2O2S/c1-15(2)8-9-16-11-6-4-5-7-12(11)19-13(10-18-3)14(16)17/h4-7,10H,8-9H2,1-3H3. The number of methoxy groups -OCH3 is 1. The molecule has 0 aromatic heterocycles. The van der Waals surface area contributed by atoms with Crippen molar-refractivity contribution in [3.63, 3.8) is 0 Å². The molecule has 0 atom stereocenters. The van der Waals surface area contributed by atoms with Crippen LogP contribution in [0.1, 0.15) is 0 Å². The summed E-state index contributed by atoms with van der Waals surface area (Å²) in [7, 11) is 5.56. The Morgan fingerprint density at radius 2 is 2.11 bits per heavy atom. The van der Waals surface area contributed by atoms with Gasteiger partial charge in [-0.1, -0.05) is 23.9 Å². The number of anilines is 1. The lowest BCUT2D eigenvalue weighted by Gasteiger charge is -2.30. The predicted molar refractivity (Wildman–Crippen MR) is 78.3 cm³/mol. The highest BCUT2D eigenvalue weighted by Gasteiger charge is 2.28. The normalized spacial score (nSPS) is 16.9. The molecule has 5 heteroatoms. The van der Waals surface area contributed by atoms with E-state index < -0.39 is 0 Å². The Morgan fingerprint density at radius 1 is 1.37 bits per heavy atom. The predicted octanol–water partition coefficient (Wildman–Crippen LogP) is 2.17. The van der Waals surface area contributed by atoms with Crippen molar-refractivity contribution >= 4 is 23.4 Å². The number of carbonyl (C=O) groups is 1. The van der Waals surface area contributed by atoms with E-state index in [4.69, 9.17) is 4.74 Å². The van der Waals surface area contributed by atoms with Crippen LogP contribution in [0.3, 0.4) is 0 Å². The summed E-state index contributed by atoms with van der Waals surface area (Å²) in [5.74, 6) is 0.00685. The van der Waals surface area contributed by atoms with Gasteiger partial charge in [0, 0.05) is 18.0 Å². The van der Waals surface area contributed by atoms with Crippen molar-refractivity contribution in [3.05, 3.63) is 35.4 Å². The summed E-state index contributed by atoms with van der Waals surface area (Å²) in [4.78, 5) is 18.0. The SMILES string of the molecule is COC=C1Sc2ccccc2N(CCN(C)C)C1=O. The number of benzene rings is 1. The lowest BCUT2D eigenvalue weighted by atomic mass is 10.2. The van der Waals surface area contributed by atoms with Gasteiger partial charge in [-0.05, 0) is 26.2 Å². The van der Waals surface area contributed by atoms with Crippen molar-refractivity contribution in [2.75, 3.05) is 39.2 Å². The monoisotopic (exact) mass is 278 g/mol. The molecule has 0 radical (unpaired) electrons. The number of para-hydroxylation sites is 1. The summed E-state index contributed by atoms with van der Waals surface area (Å²) in [5, 5.41) is 0. The number of fused-ring (bicyclic) bond motifs is 1. The molecule has 0 aliphatic carbocycles. The van der Waals surface area contributed by atoms with Gasteiger partial charge in [-0.25, -0.2) is 0 Å². The van der Waals surface area contributed by atoms with Crippen LogP contribution in [0, 0.1) is 0 Å². The first kappa shape index (κ1) is 14.0. The van der Waals surface area contributed by atoms with Crippen LogP contribution in [0.2, 0.25) is 0 Å². The second kappa shape index (κ2) is 6.12. The maximum absolute atomic E-state index is 12.4. The van der Waals surface area contributed by atoms with Crippen LogP contribution in [0.15, 0.2) is 40.3 Å². The number of hydrogen-bond donors (Lipinski definition) is 0. The number of ether oxygens (including phenoxy) is 1. The molecule has 1 aromatic carbocycles. The van der Waals surface area contributed by atoms with Crippen molar-refractivity contribution in [1.82, 2.24) is 4.90 Å². The zero-order valence-corrected chi connectivity index (χ0v) is 12.2. The topological polar surface area (TPSA) is 32.8 Å². The van der Waals surface area contributed by atoms with Crippen molar-refractivity contribution in [2.45, 2.75) is 4.90 Å². The average Bonchev–Trinajstić information content (AvgIpc) is 2.39. The van der Waals surface area contributed by atoms with Gasteiger partial charge in [0.15, 0.2) is 0 Å². The molecular weight excluding hydrogens is 260 g/mol. The molecule has 0 saturated carbocycles. The van der Waals surface area contributed by atoms with E-state index in [9.17, 15) is 4.79 Å². The Balaban J connectivity index is 2.32. The first-order valence-electron chi connectivity index (χ1n) is 6.10. The number of amides is 1. The Bertz CT molecular complexity index is 500.